The molecule has 2 unspecified atom stereocenters. The maximum atomic E-state index is 10.5. The lowest BCUT2D eigenvalue weighted by molar-refractivity contribution is -0.131. The van der Waals surface area contributed by atoms with Crippen molar-refractivity contribution in [3.8, 4) is 0 Å². The largest absolute Gasteiger partial charge is 0.478 e. The van der Waals surface area contributed by atoms with Gasteiger partial charge in [0.15, 0.2) is 0 Å². The Kier molecular flexibility index (Phi) is 3.01. The van der Waals surface area contributed by atoms with Crippen LogP contribution in [-0.2, 0) is 4.79 Å². The van der Waals surface area contributed by atoms with Gasteiger partial charge in [-0.15, -0.1) is 0 Å². The molecule has 1 N–H and O–H groups in total. The monoisotopic (exact) mass is 258 g/mol. The van der Waals surface area contributed by atoms with Crippen molar-refractivity contribution in [3.05, 3.63) is 29.5 Å². The second-order valence-corrected chi connectivity index (χ2v) is 5.57. The van der Waals surface area contributed by atoms with Gasteiger partial charge in [-0.25, -0.2) is 9.78 Å². The van der Waals surface area contributed by atoms with Crippen LogP contribution in [0.15, 0.2) is 18.3 Å². The van der Waals surface area contributed by atoms with Crippen LogP contribution in [-0.4, -0.2) is 28.6 Å². The molecule has 2 fully saturated rings. The lowest BCUT2D eigenvalue weighted by Gasteiger charge is -2.29. The summed E-state index contributed by atoms with van der Waals surface area (Å²) in [6, 6.07) is 2.67. The van der Waals surface area contributed by atoms with Gasteiger partial charge in [-0.05, 0) is 55.4 Å². The summed E-state index contributed by atoms with van der Waals surface area (Å²) in [6.07, 6.45) is 8.44. The summed E-state index contributed by atoms with van der Waals surface area (Å²) in [5, 5.41) is 8.63. The molecule has 2 aliphatic rings. The molecule has 1 aromatic heterocycles. The quantitative estimate of drug-likeness (QED) is 0.846. The van der Waals surface area contributed by atoms with E-state index in [1.165, 1.54) is 19.3 Å². The third kappa shape index (κ3) is 2.35. The highest BCUT2D eigenvalue weighted by Crippen LogP contribution is 2.40. The predicted molar refractivity (Wildman–Crippen MR) is 74.1 cm³/mol. The van der Waals surface area contributed by atoms with Gasteiger partial charge in [-0.2, -0.15) is 0 Å². The van der Waals surface area contributed by atoms with E-state index in [2.05, 4.69) is 9.88 Å². The Morgan fingerprint density at radius 3 is 2.95 bits per heavy atom. The molecule has 2 heterocycles. The van der Waals surface area contributed by atoms with Crippen molar-refractivity contribution in [2.45, 2.75) is 32.2 Å². The predicted octanol–water partition coefficient (Wildman–Crippen LogP) is 2.48. The number of aliphatic carboxylic acids is 1. The van der Waals surface area contributed by atoms with Gasteiger partial charge in [-0.1, -0.05) is 0 Å². The summed E-state index contributed by atoms with van der Waals surface area (Å²) >= 11 is 0. The average molecular weight is 258 g/mol. The van der Waals surface area contributed by atoms with E-state index in [0.29, 0.717) is 6.04 Å². The molecule has 1 aliphatic heterocycles. The molecule has 2 bridgehead atoms. The summed E-state index contributed by atoms with van der Waals surface area (Å²) < 4.78 is 0. The molecule has 3 rings (SSSR count). The molecule has 0 radical (unpaired) electrons. The van der Waals surface area contributed by atoms with E-state index in [0.717, 1.165) is 35.5 Å². The number of carboxylic acid groups (broad SMARTS) is 1. The fourth-order valence-corrected chi connectivity index (χ4v) is 3.33. The Labute approximate surface area is 112 Å². The number of aryl methyl sites for hydroxylation is 1. The van der Waals surface area contributed by atoms with Gasteiger partial charge in [0, 0.05) is 24.9 Å². The number of piperidine rings is 1. The molecule has 2 atom stereocenters. The van der Waals surface area contributed by atoms with Crippen molar-refractivity contribution < 1.29 is 9.90 Å². The van der Waals surface area contributed by atoms with Crippen molar-refractivity contribution in [3.63, 3.8) is 0 Å². The van der Waals surface area contributed by atoms with E-state index in [4.69, 9.17) is 5.11 Å². The number of carbonyl (C=O) groups is 1. The maximum absolute atomic E-state index is 10.5. The summed E-state index contributed by atoms with van der Waals surface area (Å²) in [4.78, 5) is 17.5. The lowest BCUT2D eigenvalue weighted by Crippen LogP contribution is -2.33. The summed E-state index contributed by atoms with van der Waals surface area (Å²) in [5.41, 5.74) is 1.97. The number of fused-ring (bicyclic) bond motifs is 2. The third-order valence-corrected chi connectivity index (χ3v) is 4.17. The Hall–Kier alpha value is -1.84. The second kappa shape index (κ2) is 4.68. The number of hydrogen-bond acceptors (Lipinski definition) is 3. The first-order chi connectivity index (χ1) is 9.13. The molecular weight excluding hydrogens is 240 g/mol. The second-order valence-electron chi connectivity index (χ2n) is 5.57. The zero-order valence-corrected chi connectivity index (χ0v) is 11.0. The van der Waals surface area contributed by atoms with E-state index >= 15 is 0 Å². The molecule has 4 nitrogen and oxygen atoms in total. The molecule has 4 heteroatoms. The molecule has 1 saturated carbocycles. The van der Waals surface area contributed by atoms with Gasteiger partial charge < -0.3 is 10.0 Å². The van der Waals surface area contributed by atoms with Gasteiger partial charge in [-0.3, -0.25) is 0 Å². The summed E-state index contributed by atoms with van der Waals surface area (Å²) in [7, 11) is 0. The van der Waals surface area contributed by atoms with Gasteiger partial charge in [0.25, 0.3) is 0 Å². The number of pyridine rings is 1. The molecule has 0 spiro atoms. The van der Waals surface area contributed by atoms with Crippen molar-refractivity contribution in [2.75, 3.05) is 11.4 Å². The fourth-order valence-electron chi connectivity index (χ4n) is 3.33. The zero-order chi connectivity index (χ0) is 13.4. The van der Waals surface area contributed by atoms with E-state index in [-0.39, 0.29) is 0 Å². The zero-order valence-electron chi connectivity index (χ0n) is 11.0. The number of hydrogen-bond donors (Lipinski definition) is 1. The summed E-state index contributed by atoms with van der Waals surface area (Å²) in [6.45, 7) is 3.18. The first-order valence-electron chi connectivity index (χ1n) is 6.78. The highest BCUT2D eigenvalue weighted by molar-refractivity contribution is 5.85. The van der Waals surface area contributed by atoms with Gasteiger partial charge in [0.05, 0.1) is 0 Å². The number of anilines is 1. The average Bonchev–Trinajstić information content (AvgIpc) is 2.98. The first kappa shape index (κ1) is 12.2. The van der Waals surface area contributed by atoms with Gasteiger partial charge in [0.2, 0.25) is 0 Å². The van der Waals surface area contributed by atoms with E-state index < -0.39 is 5.97 Å². The number of rotatable bonds is 3. The maximum Gasteiger partial charge on any atom is 0.328 e. The fraction of sp³-hybridized carbons (Fsp3) is 0.467. The SMILES string of the molecule is Cc1cc(/C=C/C(=O)O)cnc1N1CC2CCC1C2. The third-order valence-electron chi connectivity index (χ3n) is 4.17. The van der Waals surface area contributed by atoms with Crippen LogP contribution in [0.25, 0.3) is 6.08 Å². The van der Waals surface area contributed by atoms with Crippen molar-refractivity contribution >= 4 is 17.9 Å². The highest BCUT2D eigenvalue weighted by atomic mass is 16.4. The minimum Gasteiger partial charge on any atom is -0.478 e. The van der Waals surface area contributed by atoms with Crippen LogP contribution in [0, 0.1) is 12.8 Å². The molecule has 19 heavy (non-hydrogen) atoms. The number of carboxylic acids is 1. The number of nitrogens with zero attached hydrogens (tertiary/aromatic N) is 2. The minimum atomic E-state index is -0.932. The van der Waals surface area contributed by atoms with Crippen molar-refractivity contribution in [2.24, 2.45) is 5.92 Å². The number of aromatic nitrogens is 1. The van der Waals surface area contributed by atoms with Gasteiger partial charge in [0.1, 0.15) is 5.82 Å². The normalized spacial score (nSPS) is 25.4. The highest BCUT2D eigenvalue weighted by Gasteiger charge is 2.38. The van der Waals surface area contributed by atoms with Crippen molar-refractivity contribution in [1.82, 2.24) is 4.98 Å². The van der Waals surface area contributed by atoms with Crippen LogP contribution in [0.1, 0.15) is 30.4 Å². The van der Waals surface area contributed by atoms with Crippen LogP contribution in [0.4, 0.5) is 5.82 Å². The molecule has 1 aromatic rings. The van der Waals surface area contributed by atoms with E-state index in [9.17, 15) is 4.79 Å². The van der Waals surface area contributed by atoms with Crippen LogP contribution in [0.5, 0.6) is 0 Å². The molecule has 100 valence electrons. The Morgan fingerprint density at radius 2 is 2.37 bits per heavy atom. The topological polar surface area (TPSA) is 53.4 Å². The van der Waals surface area contributed by atoms with E-state index in [1.807, 2.05) is 13.0 Å². The van der Waals surface area contributed by atoms with Gasteiger partial charge >= 0.3 is 5.97 Å². The van der Waals surface area contributed by atoms with Crippen molar-refractivity contribution in [1.29, 1.82) is 0 Å². The minimum absolute atomic E-state index is 0.664. The Balaban J connectivity index is 1.82. The van der Waals surface area contributed by atoms with Crippen LogP contribution in [0.3, 0.4) is 0 Å². The van der Waals surface area contributed by atoms with E-state index in [1.54, 1.807) is 12.3 Å². The summed E-state index contributed by atoms with van der Waals surface area (Å²) in [5.74, 6) is 0.982. The molecule has 1 saturated heterocycles. The van der Waals surface area contributed by atoms with Crippen LogP contribution >= 0.6 is 0 Å². The Morgan fingerprint density at radius 1 is 1.53 bits per heavy atom. The molecule has 0 aromatic carbocycles. The smallest absolute Gasteiger partial charge is 0.328 e. The Bertz CT molecular complexity index is 539. The molecular formula is C15H18N2O2. The molecule has 0 amide bonds. The lowest BCUT2D eigenvalue weighted by atomic mass is 10.1. The standard InChI is InChI=1S/C15H18N2O2/c1-10-6-11(3-5-14(18)19)8-16-15(10)17-9-12-2-4-13(17)7-12/h3,5-6,8,12-13H,2,4,7,9H2,1H3,(H,18,19)/b5-3+. The first-order valence-corrected chi connectivity index (χ1v) is 6.78. The molecule has 1 aliphatic carbocycles. The van der Waals surface area contributed by atoms with Crippen LogP contribution < -0.4 is 4.90 Å². The van der Waals surface area contributed by atoms with Crippen LogP contribution in [0.2, 0.25) is 0 Å².